The molecule has 0 bridgehead atoms. The highest BCUT2D eigenvalue weighted by molar-refractivity contribution is 5.40. The van der Waals surface area contributed by atoms with E-state index in [1.807, 2.05) is 6.92 Å². The van der Waals surface area contributed by atoms with Gasteiger partial charge in [0.2, 0.25) is 0 Å². The van der Waals surface area contributed by atoms with Crippen molar-refractivity contribution in [3.05, 3.63) is 29.5 Å². The summed E-state index contributed by atoms with van der Waals surface area (Å²) in [6.07, 6.45) is 1.75. The van der Waals surface area contributed by atoms with E-state index in [4.69, 9.17) is 0 Å². The maximum atomic E-state index is 13.1. The predicted octanol–water partition coefficient (Wildman–Crippen LogP) is 1.49. The summed E-state index contributed by atoms with van der Waals surface area (Å²) in [6, 6.07) is 1.45. The Hall–Kier alpha value is -1.45. The second-order valence-electron chi connectivity index (χ2n) is 2.79. The van der Waals surface area contributed by atoms with Gasteiger partial charge in [0.15, 0.2) is 11.5 Å². The normalized spacial score (nSPS) is 10.9. The molecule has 0 aromatic carbocycles. The number of hydrogen-bond acceptors (Lipinski definition) is 2. The number of fused-ring (bicyclic) bond motifs is 1. The summed E-state index contributed by atoms with van der Waals surface area (Å²) in [5, 5.41) is 4.00. The molecule has 4 heteroatoms. The van der Waals surface area contributed by atoms with E-state index >= 15 is 0 Å². The number of hydrogen-bond donors (Lipinski definition) is 0. The molecule has 62 valence electrons. The molecular formula is C8H8FN3. The van der Waals surface area contributed by atoms with Gasteiger partial charge in [-0.15, -0.1) is 0 Å². The van der Waals surface area contributed by atoms with Crippen LogP contribution < -0.4 is 0 Å². The van der Waals surface area contributed by atoms with Crippen molar-refractivity contribution < 1.29 is 4.39 Å². The van der Waals surface area contributed by atoms with Gasteiger partial charge in [-0.1, -0.05) is 0 Å². The largest absolute Gasteiger partial charge is 0.218 e. The Morgan fingerprint density at radius 2 is 2.17 bits per heavy atom. The fourth-order valence-electron chi connectivity index (χ4n) is 1.18. The number of nitrogens with zero attached hydrogens (tertiary/aromatic N) is 3. The molecule has 0 radical (unpaired) electrons. The maximum Gasteiger partial charge on any atom is 0.191 e. The van der Waals surface area contributed by atoms with Crippen molar-refractivity contribution in [3.8, 4) is 0 Å². The van der Waals surface area contributed by atoms with Crippen molar-refractivity contribution in [2.45, 2.75) is 13.8 Å². The van der Waals surface area contributed by atoms with Gasteiger partial charge < -0.3 is 0 Å². The van der Waals surface area contributed by atoms with Crippen LogP contribution in [-0.2, 0) is 0 Å². The van der Waals surface area contributed by atoms with Gasteiger partial charge in [-0.25, -0.2) is 13.9 Å². The van der Waals surface area contributed by atoms with Crippen molar-refractivity contribution in [2.75, 3.05) is 0 Å². The molecule has 0 fully saturated rings. The highest BCUT2D eigenvalue weighted by atomic mass is 19.1. The Morgan fingerprint density at radius 3 is 2.92 bits per heavy atom. The van der Waals surface area contributed by atoms with Crippen LogP contribution in [0.2, 0.25) is 0 Å². The van der Waals surface area contributed by atoms with Crippen LogP contribution in [0.15, 0.2) is 12.3 Å². The standard InChI is InChI=1S/C8H8FN3/c1-5-3-7(9)8-10-6(2)11-12(8)4-5/h3-4H,1-2H3. The summed E-state index contributed by atoms with van der Waals surface area (Å²) in [6.45, 7) is 3.56. The molecule has 0 saturated carbocycles. The molecule has 2 rings (SSSR count). The van der Waals surface area contributed by atoms with Gasteiger partial charge in [-0.3, -0.25) is 0 Å². The monoisotopic (exact) mass is 165 g/mol. The Bertz CT molecular complexity index is 433. The lowest BCUT2D eigenvalue weighted by molar-refractivity contribution is 0.626. The third kappa shape index (κ3) is 0.958. The first-order valence-corrected chi connectivity index (χ1v) is 3.66. The van der Waals surface area contributed by atoms with E-state index < -0.39 is 0 Å². The molecule has 0 atom stereocenters. The molecule has 0 N–H and O–H groups in total. The van der Waals surface area contributed by atoms with Crippen LogP contribution in [0, 0.1) is 19.7 Å². The molecule has 12 heavy (non-hydrogen) atoms. The van der Waals surface area contributed by atoms with E-state index in [0.717, 1.165) is 5.56 Å². The smallest absolute Gasteiger partial charge is 0.191 e. The van der Waals surface area contributed by atoms with E-state index in [9.17, 15) is 4.39 Å². The zero-order valence-corrected chi connectivity index (χ0v) is 6.87. The quantitative estimate of drug-likeness (QED) is 0.592. The van der Waals surface area contributed by atoms with Gasteiger partial charge in [-0.05, 0) is 25.5 Å². The van der Waals surface area contributed by atoms with Crippen molar-refractivity contribution in [3.63, 3.8) is 0 Å². The number of aryl methyl sites for hydroxylation is 2. The van der Waals surface area contributed by atoms with Crippen LogP contribution in [0.25, 0.3) is 5.65 Å². The summed E-state index contributed by atoms with van der Waals surface area (Å²) in [5.74, 6) is 0.259. The van der Waals surface area contributed by atoms with Crippen LogP contribution in [0.3, 0.4) is 0 Å². The highest BCUT2D eigenvalue weighted by Crippen LogP contribution is 2.08. The number of halogens is 1. The lowest BCUT2D eigenvalue weighted by atomic mass is 10.3. The minimum Gasteiger partial charge on any atom is -0.218 e. The Balaban J connectivity index is 2.88. The number of aromatic nitrogens is 3. The first-order valence-electron chi connectivity index (χ1n) is 3.66. The number of rotatable bonds is 0. The van der Waals surface area contributed by atoms with Crippen molar-refractivity contribution in [2.24, 2.45) is 0 Å². The molecule has 0 spiro atoms. The molecule has 2 aromatic rings. The summed E-state index contributed by atoms with van der Waals surface area (Å²) in [7, 11) is 0. The minimum atomic E-state index is -0.324. The zero-order chi connectivity index (χ0) is 8.72. The van der Waals surface area contributed by atoms with Crippen LogP contribution in [0.1, 0.15) is 11.4 Å². The van der Waals surface area contributed by atoms with E-state index in [1.54, 1.807) is 13.1 Å². The average Bonchev–Trinajstić information content (AvgIpc) is 2.29. The highest BCUT2D eigenvalue weighted by Gasteiger charge is 2.05. The molecule has 2 heterocycles. The molecular weight excluding hydrogens is 157 g/mol. The van der Waals surface area contributed by atoms with E-state index in [2.05, 4.69) is 10.1 Å². The molecule has 0 aliphatic rings. The molecule has 0 aliphatic carbocycles. The van der Waals surface area contributed by atoms with Crippen molar-refractivity contribution in [1.29, 1.82) is 0 Å². The summed E-state index contributed by atoms with van der Waals surface area (Å²) >= 11 is 0. The molecule has 0 unspecified atom stereocenters. The zero-order valence-electron chi connectivity index (χ0n) is 6.87. The van der Waals surface area contributed by atoms with Gasteiger partial charge in [0.05, 0.1) is 0 Å². The summed E-state index contributed by atoms with van der Waals surface area (Å²) in [5.41, 5.74) is 1.13. The van der Waals surface area contributed by atoms with Gasteiger partial charge >= 0.3 is 0 Å². The third-order valence-electron chi connectivity index (χ3n) is 1.63. The summed E-state index contributed by atoms with van der Waals surface area (Å²) in [4.78, 5) is 3.93. The van der Waals surface area contributed by atoms with Gasteiger partial charge in [0, 0.05) is 6.20 Å². The number of pyridine rings is 1. The average molecular weight is 165 g/mol. The second-order valence-corrected chi connectivity index (χ2v) is 2.79. The second kappa shape index (κ2) is 2.27. The molecule has 3 nitrogen and oxygen atoms in total. The van der Waals surface area contributed by atoms with E-state index in [-0.39, 0.29) is 11.5 Å². The minimum absolute atomic E-state index is 0.290. The fraction of sp³-hybridized carbons (Fsp3) is 0.250. The fourth-order valence-corrected chi connectivity index (χ4v) is 1.18. The SMILES string of the molecule is Cc1cc(F)c2nc(C)nn2c1. The molecule has 0 aliphatic heterocycles. The first kappa shape index (κ1) is 7.21. The van der Waals surface area contributed by atoms with E-state index in [1.165, 1.54) is 10.6 Å². The molecule has 2 aromatic heterocycles. The van der Waals surface area contributed by atoms with Crippen LogP contribution in [0.5, 0.6) is 0 Å². The molecule has 0 amide bonds. The molecule has 0 saturated heterocycles. The third-order valence-corrected chi connectivity index (χ3v) is 1.63. The van der Waals surface area contributed by atoms with Crippen molar-refractivity contribution in [1.82, 2.24) is 14.6 Å². The maximum absolute atomic E-state index is 13.1. The Morgan fingerprint density at radius 1 is 1.42 bits per heavy atom. The first-order chi connectivity index (χ1) is 5.66. The lowest BCUT2D eigenvalue weighted by Gasteiger charge is -1.94. The lowest BCUT2D eigenvalue weighted by Crippen LogP contribution is -1.91. The van der Waals surface area contributed by atoms with E-state index in [0.29, 0.717) is 5.82 Å². The Kier molecular flexibility index (Phi) is 1.36. The van der Waals surface area contributed by atoms with Gasteiger partial charge in [0.1, 0.15) is 5.82 Å². The van der Waals surface area contributed by atoms with Crippen molar-refractivity contribution >= 4 is 5.65 Å². The van der Waals surface area contributed by atoms with Gasteiger partial charge in [-0.2, -0.15) is 5.10 Å². The van der Waals surface area contributed by atoms with Crippen LogP contribution in [-0.4, -0.2) is 14.6 Å². The van der Waals surface area contributed by atoms with Crippen LogP contribution in [0.4, 0.5) is 4.39 Å². The topological polar surface area (TPSA) is 30.2 Å². The predicted molar refractivity (Wildman–Crippen MR) is 42.4 cm³/mol. The van der Waals surface area contributed by atoms with Crippen LogP contribution >= 0.6 is 0 Å². The van der Waals surface area contributed by atoms with Gasteiger partial charge in [0.25, 0.3) is 0 Å². The summed E-state index contributed by atoms with van der Waals surface area (Å²) < 4.78 is 14.6. The Labute approximate surface area is 68.9 Å².